The van der Waals surface area contributed by atoms with Gasteiger partial charge >= 0.3 is 0 Å². The van der Waals surface area contributed by atoms with Gasteiger partial charge in [-0.3, -0.25) is 0 Å². The van der Waals surface area contributed by atoms with Crippen molar-refractivity contribution in [2.45, 2.75) is 0 Å². The van der Waals surface area contributed by atoms with Crippen molar-refractivity contribution in [3.8, 4) is 11.4 Å². The molecule has 23 heavy (non-hydrogen) atoms. The van der Waals surface area contributed by atoms with Crippen molar-refractivity contribution in [1.82, 2.24) is 14.9 Å². The van der Waals surface area contributed by atoms with E-state index in [-0.39, 0.29) is 0 Å². The maximum absolute atomic E-state index is 6.17. The molecule has 2 aromatic carbocycles. The summed E-state index contributed by atoms with van der Waals surface area (Å²) in [5, 5.41) is 12.4. The molecule has 0 aliphatic carbocycles. The molecule has 1 N–H and O–H groups in total. The van der Waals surface area contributed by atoms with Crippen molar-refractivity contribution in [3.63, 3.8) is 0 Å². The van der Waals surface area contributed by atoms with Crippen LogP contribution in [0.4, 0.5) is 0 Å². The Hall–Kier alpha value is -1.66. The van der Waals surface area contributed by atoms with Crippen molar-refractivity contribution < 1.29 is 0 Å². The van der Waals surface area contributed by atoms with Gasteiger partial charge in [-0.1, -0.05) is 65.1 Å². The van der Waals surface area contributed by atoms with Gasteiger partial charge in [0, 0.05) is 11.1 Å². The van der Waals surface area contributed by atoms with Gasteiger partial charge in [-0.05, 0) is 24.4 Å². The van der Waals surface area contributed by atoms with E-state index in [1.54, 1.807) is 12.1 Å². The molecule has 0 aliphatic heterocycles. The normalized spacial score (nSPS) is 11.3. The molecule has 0 aliphatic rings. The maximum atomic E-state index is 6.17. The lowest BCUT2D eigenvalue weighted by molar-refractivity contribution is 0.871. The molecule has 1 aromatic heterocycles. The van der Waals surface area contributed by atoms with Crippen molar-refractivity contribution >= 4 is 53.2 Å². The Balaban J connectivity index is 2.07. The number of nitrogens with zero attached hydrogens (tertiary/aromatic N) is 3. The molecule has 0 radical (unpaired) electrons. The Kier molecular flexibility index (Phi) is 4.82. The molecule has 0 bridgehead atoms. The van der Waals surface area contributed by atoms with Crippen molar-refractivity contribution in [3.05, 3.63) is 67.9 Å². The van der Waals surface area contributed by atoms with Crippen LogP contribution in [0.5, 0.6) is 0 Å². The maximum Gasteiger partial charge on any atom is 0.216 e. The Morgan fingerprint density at radius 3 is 2.48 bits per heavy atom. The third kappa shape index (κ3) is 3.33. The summed E-state index contributed by atoms with van der Waals surface area (Å²) in [7, 11) is 0. The van der Waals surface area contributed by atoms with Crippen LogP contribution < -0.4 is 0 Å². The van der Waals surface area contributed by atoms with Gasteiger partial charge in [0.15, 0.2) is 5.82 Å². The zero-order chi connectivity index (χ0) is 16.4. The molecule has 0 spiro atoms. The number of halogens is 3. The average Bonchev–Trinajstić information content (AvgIpc) is 2.93. The van der Waals surface area contributed by atoms with Gasteiger partial charge in [-0.2, -0.15) is 14.9 Å². The first-order valence-corrected chi connectivity index (χ1v) is 8.03. The first kappa shape index (κ1) is 16.2. The molecule has 0 amide bonds. The van der Waals surface area contributed by atoms with E-state index < -0.39 is 0 Å². The fourth-order valence-corrected chi connectivity index (χ4v) is 2.76. The van der Waals surface area contributed by atoms with Crippen LogP contribution in [0.25, 0.3) is 11.4 Å². The number of H-pyrrole nitrogens is 1. The van der Waals surface area contributed by atoms with E-state index in [4.69, 9.17) is 47.0 Å². The third-order valence-electron chi connectivity index (χ3n) is 3.06. The van der Waals surface area contributed by atoms with Crippen LogP contribution in [0.2, 0.25) is 15.1 Å². The van der Waals surface area contributed by atoms with Crippen molar-refractivity contribution in [2.24, 2.45) is 5.10 Å². The summed E-state index contributed by atoms with van der Waals surface area (Å²) in [4.78, 5) is 0. The second-order valence-electron chi connectivity index (χ2n) is 4.53. The fourth-order valence-electron chi connectivity index (χ4n) is 1.95. The van der Waals surface area contributed by atoms with Crippen LogP contribution in [0.15, 0.2) is 47.6 Å². The first-order chi connectivity index (χ1) is 11.1. The fraction of sp³-hybridized carbons (Fsp3) is 0. The summed E-state index contributed by atoms with van der Waals surface area (Å²) in [6.45, 7) is 0. The summed E-state index contributed by atoms with van der Waals surface area (Å²) < 4.78 is 1.85. The largest absolute Gasteiger partial charge is 0.250 e. The van der Waals surface area contributed by atoms with Crippen LogP contribution >= 0.6 is 47.0 Å². The molecule has 1 heterocycles. The average molecular weight is 384 g/mol. The smallest absolute Gasteiger partial charge is 0.216 e. The number of aromatic nitrogens is 3. The van der Waals surface area contributed by atoms with Gasteiger partial charge in [0.25, 0.3) is 0 Å². The van der Waals surface area contributed by atoms with Crippen LogP contribution in [0.3, 0.4) is 0 Å². The van der Waals surface area contributed by atoms with E-state index in [9.17, 15) is 0 Å². The molecule has 116 valence electrons. The Bertz CT molecular complexity index is 932. The quantitative estimate of drug-likeness (QED) is 0.371. The first-order valence-electron chi connectivity index (χ1n) is 6.48. The van der Waals surface area contributed by atoms with E-state index in [1.165, 1.54) is 10.9 Å². The molecular formula is C15H9Cl3N4S. The van der Waals surface area contributed by atoms with E-state index in [0.717, 1.165) is 5.56 Å². The van der Waals surface area contributed by atoms with Crippen LogP contribution in [-0.4, -0.2) is 21.1 Å². The van der Waals surface area contributed by atoms with Gasteiger partial charge in [0.05, 0.1) is 21.3 Å². The number of rotatable bonds is 3. The van der Waals surface area contributed by atoms with E-state index in [2.05, 4.69) is 15.3 Å². The standard InChI is InChI=1S/C15H9Cl3N4S/c16-11-6-7-12(17)13(18)10(11)8-19-22-14(20-21-15(22)23)9-4-2-1-3-5-9/h1-8H,(H,21,23)/b19-8-. The van der Waals surface area contributed by atoms with Gasteiger partial charge in [0.2, 0.25) is 4.77 Å². The highest BCUT2D eigenvalue weighted by atomic mass is 35.5. The minimum atomic E-state index is 0.333. The zero-order valence-corrected chi connectivity index (χ0v) is 14.6. The Morgan fingerprint density at radius 1 is 1.04 bits per heavy atom. The lowest BCUT2D eigenvalue weighted by Crippen LogP contribution is -1.96. The van der Waals surface area contributed by atoms with E-state index in [0.29, 0.717) is 31.2 Å². The molecule has 3 aromatic rings. The third-order valence-corrected chi connectivity index (χ3v) is 4.48. The summed E-state index contributed by atoms with van der Waals surface area (Å²) >= 11 is 23.5. The summed E-state index contributed by atoms with van der Waals surface area (Å²) in [6.07, 6.45) is 1.51. The predicted molar refractivity (Wildman–Crippen MR) is 97.3 cm³/mol. The molecule has 3 rings (SSSR count). The lowest BCUT2D eigenvalue weighted by Gasteiger charge is -2.04. The molecular weight excluding hydrogens is 375 g/mol. The molecule has 0 unspecified atom stereocenters. The summed E-state index contributed by atoms with van der Waals surface area (Å²) in [5.41, 5.74) is 1.39. The van der Waals surface area contributed by atoms with Crippen LogP contribution in [0, 0.1) is 4.77 Å². The minimum Gasteiger partial charge on any atom is -0.250 e. The van der Waals surface area contributed by atoms with Gasteiger partial charge in [-0.25, -0.2) is 5.10 Å². The van der Waals surface area contributed by atoms with Crippen molar-refractivity contribution in [2.75, 3.05) is 0 Å². The predicted octanol–water partition coefficient (Wildman–Crippen LogP) is 5.45. The molecule has 8 heteroatoms. The topological polar surface area (TPSA) is 46.0 Å². The Labute approximate surface area is 152 Å². The highest BCUT2D eigenvalue weighted by Crippen LogP contribution is 2.30. The molecule has 0 saturated heterocycles. The van der Waals surface area contributed by atoms with Gasteiger partial charge in [0.1, 0.15) is 0 Å². The minimum absolute atomic E-state index is 0.333. The number of hydrogen-bond donors (Lipinski definition) is 1. The molecule has 0 fully saturated rings. The van der Waals surface area contributed by atoms with Crippen molar-refractivity contribution in [1.29, 1.82) is 0 Å². The van der Waals surface area contributed by atoms with Gasteiger partial charge in [-0.15, -0.1) is 0 Å². The second-order valence-corrected chi connectivity index (χ2v) is 6.11. The molecule has 0 atom stereocenters. The number of nitrogens with one attached hydrogen (secondary N) is 1. The Morgan fingerprint density at radius 2 is 1.74 bits per heavy atom. The number of hydrogen-bond acceptors (Lipinski definition) is 3. The summed E-state index contributed by atoms with van der Waals surface area (Å²) in [5.74, 6) is 0.584. The van der Waals surface area contributed by atoms with Gasteiger partial charge < -0.3 is 0 Å². The second kappa shape index (κ2) is 6.84. The monoisotopic (exact) mass is 382 g/mol. The van der Waals surface area contributed by atoms with Crippen LogP contribution in [0.1, 0.15) is 5.56 Å². The molecule has 0 saturated carbocycles. The number of benzene rings is 2. The highest BCUT2D eigenvalue weighted by molar-refractivity contribution is 7.71. The zero-order valence-electron chi connectivity index (χ0n) is 11.5. The van der Waals surface area contributed by atoms with E-state index >= 15 is 0 Å². The van der Waals surface area contributed by atoms with Crippen LogP contribution in [-0.2, 0) is 0 Å². The molecule has 4 nitrogen and oxygen atoms in total. The summed E-state index contributed by atoms with van der Waals surface area (Å²) in [6, 6.07) is 12.8. The SMILES string of the molecule is S=c1[nH]nc(-c2ccccc2)n1/N=C\c1c(Cl)ccc(Cl)c1Cl. The van der Waals surface area contributed by atoms with E-state index in [1.807, 2.05) is 30.3 Å². The number of aromatic amines is 1. The lowest BCUT2D eigenvalue weighted by atomic mass is 10.2. The highest BCUT2D eigenvalue weighted by Gasteiger charge is 2.10.